The van der Waals surface area contributed by atoms with Crippen molar-refractivity contribution in [2.75, 3.05) is 5.73 Å². The molecule has 0 atom stereocenters. The Hall–Kier alpha value is -2.50. The molecule has 0 unspecified atom stereocenters. The summed E-state index contributed by atoms with van der Waals surface area (Å²) in [4.78, 5) is 11.8. The third kappa shape index (κ3) is 3.09. The summed E-state index contributed by atoms with van der Waals surface area (Å²) in [5, 5.41) is 2.44. The molecule has 3 N–H and O–H groups in total. The summed E-state index contributed by atoms with van der Waals surface area (Å²) < 4.78 is 39.0. The molecule has 2 aromatic rings. The Morgan fingerprint density at radius 3 is 2.45 bits per heavy atom. The number of rotatable bonds is 3. The van der Waals surface area contributed by atoms with Crippen molar-refractivity contribution in [3.8, 4) is 0 Å². The number of carbonyl (C=O) groups excluding carboxylic acids is 1. The van der Waals surface area contributed by atoms with Gasteiger partial charge in [0.05, 0.1) is 5.69 Å². The molecule has 6 heteroatoms. The molecule has 1 amide bonds. The molecule has 3 nitrogen and oxygen atoms in total. The number of nitrogens with two attached hydrogens (primary N) is 1. The zero-order valence-electron chi connectivity index (χ0n) is 10.3. The second kappa shape index (κ2) is 5.64. The molecule has 0 saturated heterocycles. The number of carbonyl (C=O) groups is 1. The van der Waals surface area contributed by atoms with Gasteiger partial charge in [-0.05, 0) is 24.3 Å². The predicted octanol–water partition coefficient (Wildman–Crippen LogP) is 2.62. The maximum Gasteiger partial charge on any atom is 0.251 e. The quantitative estimate of drug-likeness (QED) is 0.849. The first-order valence-electron chi connectivity index (χ1n) is 5.74. The lowest BCUT2D eigenvalue weighted by Gasteiger charge is -2.07. The zero-order valence-corrected chi connectivity index (χ0v) is 10.3. The smallest absolute Gasteiger partial charge is 0.251 e. The van der Waals surface area contributed by atoms with E-state index in [9.17, 15) is 18.0 Å². The van der Waals surface area contributed by atoms with E-state index in [2.05, 4.69) is 5.32 Å². The average molecular weight is 280 g/mol. The van der Waals surface area contributed by atoms with Crippen molar-refractivity contribution in [3.05, 3.63) is 65.0 Å². The molecule has 0 aliphatic heterocycles. The van der Waals surface area contributed by atoms with Crippen LogP contribution in [0, 0.1) is 17.5 Å². The van der Waals surface area contributed by atoms with Crippen LogP contribution < -0.4 is 11.1 Å². The second-order valence-electron chi connectivity index (χ2n) is 4.15. The molecule has 0 aliphatic rings. The van der Waals surface area contributed by atoms with Crippen LogP contribution in [-0.4, -0.2) is 5.91 Å². The van der Waals surface area contributed by atoms with Crippen LogP contribution in [0.4, 0.5) is 18.9 Å². The second-order valence-corrected chi connectivity index (χ2v) is 4.15. The molecular weight excluding hydrogens is 269 g/mol. The highest BCUT2D eigenvalue weighted by Crippen LogP contribution is 2.13. The van der Waals surface area contributed by atoms with Crippen LogP contribution in [-0.2, 0) is 6.54 Å². The normalized spacial score (nSPS) is 10.3. The van der Waals surface area contributed by atoms with Gasteiger partial charge in [0.2, 0.25) is 0 Å². The molecule has 104 valence electrons. The summed E-state index contributed by atoms with van der Waals surface area (Å²) >= 11 is 0. The van der Waals surface area contributed by atoms with E-state index in [0.29, 0.717) is 0 Å². The van der Waals surface area contributed by atoms with E-state index in [0.717, 1.165) is 18.2 Å². The van der Waals surface area contributed by atoms with E-state index >= 15 is 0 Å². The molecule has 0 saturated carbocycles. The van der Waals surface area contributed by atoms with Crippen LogP contribution in [0.5, 0.6) is 0 Å². The van der Waals surface area contributed by atoms with Crippen molar-refractivity contribution in [1.29, 1.82) is 0 Å². The van der Waals surface area contributed by atoms with Gasteiger partial charge in [0.15, 0.2) is 0 Å². The van der Waals surface area contributed by atoms with Gasteiger partial charge in [0.1, 0.15) is 17.5 Å². The van der Waals surface area contributed by atoms with Crippen LogP contribution >= 0.6 is 0 Å². The average Bonchev–Trinajstić information content (AvgIpc) is 2.40. The third-order valence-electron chi connectivity index (χ3n) is 2.71. The first-order valence-corrected chi connectivity index (χ1v) is 5.74. The van der Waals surface area contributed by atoms with E-state index in [1.165, 1.54) is 18.2 Å². The van der Waals surface area contributed by atoms with Gasteiger partial charge < -0.3 is 11.1 Å². The minimum atomic E-state index is -0.746. The predicted molar refractivity (Wildman–Crippen MR) is 68.3 cm³/mol. The van der Waals surface area contributed by atoms with Crippen molar-refractivity contribution < 1.29 is 18.0 Å². The first kappa shape index (κ1) is 13.9. The first-order chi connectivity index (χ1) is 9.47. The van der Waals surface area contributed by atoms with Gasteiger partial charge >= 0.3 is 0 Å². The number of nitrogen functional groups attached to an aromatic ring is 1. The van der Waals surface area contributed by atoms with E-state index in [-0.39, 0.29) is 23.4 Å². The highest BCUT2D eigenvalue weighted by atomic mass is 19.1. The molecule has 2 aromatic carbocycles. The van der Waals surface area contributed by atoms with Gasteiger partial charge in [-0.3, -0.25) is 4.79 Å². The lowest BCUT2D eigenvalue weighted by Crippen LogP contribution is -2.23. The fourth-order valence-electron chi connectivity index (χ4n) is 1.63. The number of hydrogen-bond donors (Lipinski definition) is 2. The Morgan fingerprint density at radius 2 is 1.80 bits per heavy atom. The lowest BCUT2D eigenvalue weighted by molar-refractivity contribution is 0.0950. The van der Waals surface area contributed by atoms with Gasteiger partial charge in [0, 0.05) is 23.7 Å². The number of halogens is 3. The highest BCUT2D eigenvalue weighted by Gasteiger charge is 2.09. The summed E-state index contributed by atoms with van der Waals surface area (Å²) in [6, 6.07) is 6.60. The Morgan fingerprint density at radius 1 is 1.05 bits per heavy atom. The summed E-state index contributed by atoms with van der Waals surface area (Å²) in [5.41, 5.74) is 5.51. The molecule has 2 rings (SSSR count). The van der Waals surface area contributed by atoms with E-state index in [1.807, 2.05) is 0 Å². The molecule has 0 bridgehead atoms. The summed E-state index contributed by atoms with van der Waals surface area (Å²) in [5.74, 6) is -2.58. The van der Waals surface area contributed by atoms with Crippen LogP contribution in [0.3, 0.4) is 0 Å². The Bertz CT molecular complexity index is 659. The molecule has 0 aliphatic carbocycles. The molecule has 0 aromatic heterocycles. The van der Waals surface area contributed by atoms with E-state index < -0.39 is 23.4 Å². The number of hydrogen-bond acceptors (Lipinski definition) is 2. The van der Waals surface area contributed by atoms with Crippen molar-refractivity contribution in [2.24, 2.45) is 0 Å². The van der Waals surface area contributed by atoms with Crippen molar-refractivity contribution in [3.63, 3.8) is 0 Å². The molecule has 0 radical (unpaired) electrons. The zero-order chi connectivity index (χ0) is 14.7. The van der Waals surface area contributed by atoms with E-state index in [4.69, 9.17) is 5.73 Å². The SMILES string of the molecule is Nc1cc(C(=O)NCc2ccc(F)cc2F)ccc1F. The standard InChI is InChI=1S/C14H11F3N2O/c15-10-3-1-9(12(17)6-10)7-19-14(20)8-2-4-11(16)13(18)5-8/h1-6H,7,18H2,(H,19,20). The van der Waals surface area contributed by atoms with Crippen molar-refractivity contribution in [2.45, 2.75) is 6.54 Å². The topological polar surface area (TPSA) is 55.1 Å². The molecule has 20 heavy (non-hydrogen) atoms. The fraction of sp³-hybridized carbons (Fsp3) is 0.0714. The maximum absolute atomic E-state index is 13.4. The number of nitrogens with one attached hydrogen (secondary N) is 1. The highest BCUT2D eigenvalue weighted by molar-refractivity contribution is 5.94. The molecule has 0 fully saturated rings. The minimum absolute atomic E-state index is 0.109. The fourth-order valence-corrected chi connectivity index (χ4v) is 1.63. The van der Waals surface area contributed by atoms with Crippen LogP contribution in [0.15, 0.2) is 36.4 Å². The van der Waals surface area contributed by atoms with Gasteiger partial charge in [-0.25, -0.2) is 13.2 Å². The largest absolute Gasteiger partial charge is 0.396 e. The lowest BCUT2D eigenvalue weighted by atomic mass is 10.1. The molecular formula is C14H11F3N2O. The van der Waals surface area contributed by atoms with Crippen LogP contribution in [0.2, 0.25) is 0 Å². The van der Waals surface area contributed by atoms with Crippen LogP contribution in [0.25, 0.3) is 0 Å². The van der Waals surface area contributed by atoms with Gasteiger partial charge in [-0.1, -0.05) is 6.07 Å². The van der Waals surface area contributed by atoms with Crippen LogP contribution in [0.1, 0.15) is 15.9 Å². The van der Waals surface area contributed by atoms with E-state index in [1.54, 1.807) is 0 Å². The maximum atomic E-state index is 13.4. The Kier molecular flexibility index (Phi) is 3.93. The van der Waals surface area contributed by atoms with Crippen molar-refractivity contribution >= 4 is 11.6 Å². The number of anilines is 1. The van der Waals surface area contributed by atoms with Gasteiger partial charge in [0.25, 0.3) is 5.91 Å². The Labute approximate surface area is 113 Å². The molecule has 0 heterocycles. The van der Waals surface area contributed by atoms with Gasteiger partial charge in [-0.15, -0.1) is 0 Å². The summed E-state index contributed by atoms with van der Waals surface area (Å²) in [6.45, 7) is -0.109. The number of amides is 1. The van der Waals surface area contributed by atoms with Crippen molar-refractivity contribution in [1.82, 2.24) is 5.32 Å². The molecule has 0 spiro atoms. The van der Waals surface area contributed by atoms with Gasteiger partial charge in [-0.2, -0.15) is 0 Å². The third-order valence-corrected chi connectivity index (χ3v) is 2.71. The monoisotopic (exact) mass is 280 g/mol. The summed E-state index contributed by atoms with van der Waals surface area (Å²) in [6.07, 6.45) is 0. The summed E-state index contributed by atoms with van der Waals surface area (Å²) in [7, 11) is 0. The minimum Gasteiger partial charge on any atom is -0.396 e. The number of benzene rings is 2. The Balaban J connectivity index is 2.06.